The van der Waals surface area contributed by atoms with Crippen LogP contribution in [0.1, 0.15) is 35.9 Å². The van der Waals surface area contributed by atoms with Gasteiger partial charge in [-0.15, -0.1) is 0 Å². The van der Waals surface area contributed by atoms with Crippen LogP contribution in [-0.4, -0.2) is 42.7 Å². The molecule has 0 aliphatic heterocycles. The summed E-state index contributed by atoms with van der Waals surface area (Å²) >= 11 is 0. The number of aliphatic hydroxyl groups is 1. The Hall–Kier alpha value is -2.23. The molecule has 1 fully saturated rings. The van der Waals surface area contributed by atoms with Crippen molar-refractivity contribution in [1.29, 1.82) is 0 Å². The van der Waals surface area contributed by atoms with Crippen LogP contribution >= 0.6 is 0 Å². The highest BCUT2D eigenvalue weighted by Gasteiger charge is 2.28. The second kappa shape index (κ2) is 8.20. The van der Waals surface area contributed by atoms with E-state index in [2.05, 4.69) is 15.3 Å². The van der Waals surface area contributed by atoms with Gasteiger partial charge >= 0.3 is 0 Å². The van der Waals surface area contributed by atoms with Crippen molar-refractivity contribution in [1.82, 2.24) is 14.7 Å². The number of benzene rings is 1. The number of nitrogens with one attached hydrogen (secondary N) is 2. The van der Waals surface area contributed by atoms with Crippen molar-refractivity contribution in [3.8, 4) is 5.88 Å². The quantitative estimate of drug-likeness (QED) is 0.657. The van der Waals surface area contributed by atoms with Gasteiger partial charge in [-0.2, -0.15) is 4.98 Å². The first kappa shape index (κ1) is 15.8. The minimum Gasteiger partial charge on any atom is -0.471 e. The van der Waals surface area contributed by atoms with E-state index in [-0.39, 0.29) is 16.9 Å². The van der Waals surface area contributed by atoms with E-state index in [1.807, 2.05) is 6.92 Å². The van der Waals surface area contributed by atoms with Crippen LogP contribution in [0.25, 0.3) is 0 Å². The molecule has 1 saturated carbocycles. The molecule has 27 heavy (non-hydrogen) atoms. The van der Waals surface area contributed by atoms with E-state index in [0.29, 0.717) is 24.4 Å². The van der Waals surface area contributed by atoms with Crippen LogP contribution < -0.4 is 14.8 Å². The zero-order valence-electron chi connectivity index (χ0n) is 17.8. The summed E-state index contributed by atoms with van der Waals surface area (Å²) in [6, 6.07) is 5.52. The average Bonchev–Trinajstić information content (AvgIpc) is 3.05. The molecule has 0 unspecified atom stereocenters. The zero-order valence-corrected chi connectivity index (χ0v) is 15.7. The smallest absolute Gasteiger partial charge is 0.240 e. The molecule has 0 amide bonds. The molecule has 0 radical (unpaired) electrons. The molecule has 3 rings (SSSR count). The van der Waals surface area contributed by atoms with Crippen molar-refractivity contribution in [2.75, 3.05) is 12.3 Å². The lowest BCUT2D eigenvalue weighted by Gasteiger charge is -2.18. The second-order valence-corrected chi connectivity index (χ2v) is 7.97. The highest BCUT2D eigenvalue weighted by Crippen LogP contribution is 2.27. The van der Waals surface area contributed by atoms with E-state index in [0.717, 1.165) is 18.4 Å². The van der Waals surface area contributed by atoms with Gasteiger partial charge in [0.2, 0.25) is 21.9 Å². The number of hydrogen-bond donors (Lipinski definition) is 3. The number of sulfonamides is 1. The third kappa shape index (κ3) is 4.55. The van der Waals surface area contributed by atoms with Gasteiger partial charge in [0.25, 0.3) is 0 Å². The third-order valence-electron chi connectivity index (χ3n) is 4.44. The Morgan fingerprint density at radius 3 is 2.74 bits per heavy atom. The molecule has 146 valence electrons. The number of aliphatic hydroxyl groups excluding tert-OH is 1. The number of anilines is 2. The maximum atomic E-state index is 12.1. The Labute approximate surface area is 163 Å². The fourth-order valence-corrected chi connectivity index (χ4v) is 3.50. The largest absolute Gasteiger partial charge is 0.471 e. The molecular weight excluding hydrogens is 368 g/mol. The van der Waals surface area contributed by atoms with Crippen molar-refractivity contribution in [2.24, 2.45) is 0 Å². The van der Waals surface area contributed by atoms with Crippen molar-refractivity contribution < 1.29 is 22.4 Å². The summed E-state index contributed by atoms with van der Waals surface area (Å²) in [5.41, 5.74) is 1.33. The molecule has 0 bridgehead atoms. The molecule has 1 aliphatic rings. The van der Waals surface area contributed by atoms with Gasteiger partial charge in [0.15, 0.2) is 0 Å². The minimum absolute atomic E-state index is 0.175. The SMILES string of the molecule is [2H]C([2H])([2H])NS(=O)(=O)c1ccc(Nc2ncc(CC)c(O[C@H]3CCC[C@H]3O)n2)cc1. The molecule has 0 spiro atoms. The van der Waals surface area contributed by atoms with Gasteiger partial charge in [-0.25, -0.2) is 18.1 Å². The van der Waals surface area contributed by atoms with Gasteiger partial charge in [0.05, 0.1) is 11.0 Å². The monoisotopic (exact) mass is 395 g/mol. The zero-order chi connectivity index (χ0) is 21.9. The second-order valence-electron chi connectivity index (χ2n) is 6.29. The molecule has 1 heterocycles. The Kier molecular flexibility index (Phi) is 4.80. The number of nitrogens with zero attached hydrogens (tertiary/aromatic N) is 2. The van der Waals surface area contributed by atoms with Crippen molar-refractivity contribution in [3.05, 3.63) is 36.0 Å². The summed E-state index contributed by atoms with van der Waals surface area (Å²) in [6.07, 6.45) is 3.86. The maximum absolute atomic E-state index is 12.1. The van der Waals surface area contributed by atoms with E-state index in [1.54, 1.807) is 10.9 Å². The Balaban J connectivity index is 1.75. The summed E-state index contributed by atoms with van der Waals surface area (Å²) in [4.78, 5) is 8.47. The van der Waals surface area contributed by atoms with Gasteiger partial charge in [-0.05, 0) is 56.9 Å². The molecule has 1 aromatic carbocycles. The number of aryl methyl sites for hydroxylation is 1. The fourth-order valence-electron chi connectivity index (χ4n) is 2.89. The van der Waals surface area contributed by atoms with Crippen LogP contribution in [0, 0.1) is 0 Å². The Morgan fingerprint density at radius 2 is 2.11 bits per heavy atom. The number of aromatic nitrogens is 2. The van der Waals surface area contributed by atoms with Crippen LogP contribution in [0.2, 0.25) is 0 Å². The molecule has 2 aromatic rings. The molecule has 9 heteroatoms. The molecule has 2 atom stereocenters. The highest BCUT2D eigenvalue weighted by molar-refractivity contribution is 7.89. The topological polar surface area (TPSA) is 113 Å². The molecule has 8 nitrogen and oxygen atoms in total. The normalized spacial score (nSPS) is 21.9. The van der Waals surface area contributed by atoms with Gasteiger partial charge < -0.3 is 15.2 Å². The van der Waals surface area contributed by atoms with E-state index < -0.39 is 23.1 Å². The van der Waals surface area contributed by atoms with Crippen molar-refractivity contribution >= 4 is 21.7 Å². The average molecular weight is 395 g/mol. The first-order valence-electron chi connectivity index (χ1n) is 10.2. The summed E-state index contributed by atoms with van der Waals surface area (Å²) in [5.74, 6) is 0.660. The summed E-state index contributed by atoms with van der Waals surface area (Å²) in [6.45, 7) is -0.857. The lowest BCUT2D eigenvalue weighted by Crippen LogP contribution is -2.26. The number of rotatable bonds is 7. The molecule has 1 aromatic heterocycles. The van der Waals surface area contributed by atoms with Crippen molar-refractivity contribution in [2.45, 2.75) is 49.7 Å². The third-order valence-corrected chi connectivity index (χ3v) is 5.60. The minimum atomic E-state index is -4.16. The van der Waals surface area contributed by atoms with Crippen LogP contribution in [0.15, 0.2) is 35.4 Å². The van der Waals surface area contributed by atoms with Gasteiger partial charge in [-0.3, -0.25) is 0 Å². The lowest BCUT2D eigenvalue weighted by atomic mass is 10.2. The predicted molar refractivity (Wildman–Crippen MR) is 102 cm³/mol. The van der Waals surface area contributed by atoms with Crippen LogP contribution in [0.3, 0.4) is 0 Å². The van der Waals surface area contributed by atoms with E-state index in [1.165, 1.54) is 24.3 Å². The highest BCUT2D eigenvalue weighted by atomic mass is 32.2. The molecule has 0 saturated heterocycles. The number of ether oxygens (including phenoxy) is 1. The standard InChI is InChI=1S/C18H24N4O4S/c1-3-12-11-20-18(22-17(12)26-16-6-4-5-15(16)23)21-13-7-9-14(10-8-13)27(24,25)19-2/h7-11,15-16,19,23H,3-6H2,1-2H3,(H,20,21,22)/t15-,16+/m1/s1/i2D3. The molecular formula is C18H24N4O4S. The predicted octanol–water partition coefficient (Wildman–Crippen LogP) is 1.98. The van der Waals surface area contributed by atoms with E-state index in [4.69, 9.17) is 8.85 Å². The maximum Gasteiger partial charge on any atom is 0.240 e. The van der Waals surface area contributed by atoms with Gasteiger partial charge in [0, 0.05) is 21.6 Å². The first-order valence-corrected chi connectivity index (χ1v) is 10.2. The Morgan fingerprint density at radius 1 is 1.33 bits per heavy atom. The van der Waals surface area contributed by atoms with E-state index >= 15 is 0 Å². The van der Waals surface area contributed by atoms with Gasteiger partial charge in [0.1, 0.15) is 6.10 Å². The van der Waals surface area contributed by atoms with Crippen LogP contribution in [-0.2, 0) is 16.4 Å². The van der Waals surface area contributed by atoms with Crippen LogP contribution in [0.4, 0.5) is 11.6 Å². The lowest BCUT2D eigenvalue weighted by molar-refractivity contribution is 0.0568. The van der Waals surface area contributed by atoms with Crippen molar-refractivity contribution in [3.63, 3.8) is 0 Å². The summed E-state index contributed by atoms with van der Waals surface area (Å²) in [5, 5.41) is 13.0. The van der Waals surface area contributed by atoms with E-state index in [9.17, 15) is 13.5 Å². The summed E-state index contributed by atoms with van der Waals surface area (Å²) < 4.78 is 52.9. The van der Waals surface area contributed by atoms with Crippen LogP contribution in [0.5, 0.6) is 5.88 Å². The Bertz CT molecular complexity index is 984. The fraction of sp³-hybridized carbons (Fsp3) is 0.444. The first-order chi connectivity index (χ1) is 14.1. The molecule has 3 N–H and O–H groups in total. The number of hydrogen-bond acceptors (Lipinski definition) is 7. The van der Waals surface area contributed by atoms with Gasteiger partial charge in [-0.1, -0.05) is 6.92 Å². The molecule has 1 aliphatic carbocycles. The summed E-state index contributed by atoms with van der Waals surface area (Å²) in [7, 11) is -4.16.